The summed E-state index contributed by atoms with van der Waals surface area (Å²) in [6.45, 7) is 0. The van der Waals surface area contributed by atoms with Crippen molar-refractivity contribution >= 4 is 32.7 Å². The van der Waals surface area contributed by atoms with Gasteiger partial charge in [-0.3, -0.25) is 0 Å². The summed E-state index contributed by atoms with van der Waals surface area (Å²) in [5, 5.41) is 4.36. The number of fused-ring (bicyclic) bond motifs is 5. The van der Waals surface area contributed by atoms with Crippen molar-refractivity contribution in [3.8, 4) is 90.1 Å². The first-order chi connectivity index (χ1) is 32.2. The quantitative estimate of drug-likeness (QED) is 0.153. The zero-order valence-electron chi connectivity index (χ0n) is 35.1. The molecule has 0 amide bonds. The Morgan fingerprint density at radius 2 is 0.646 bits per heavy atom. The van der Waals surface area contributed by atoms with Gasteiger partial charge >= 0.3 is 0 Å². The van der Waals surface area contributed by atoms with Crippen LogP contribution in [-0.4, -0.2) is 19.9 Å². The van der Waals surface area contributed by atoms with Crippen molar-refractivity contribution < 1.29 is 4.42 Å². The zero-order chi connectivity index (χ0) is 43.1. The van der Waals surface area contributed by atoms with E-state index in [0.717, 1.165) is 111 Å². The summed E-state index contributed by atoms with van der Waals surface area (Å²) in [6.07, 6.45) is 0. The second kappa shape index (κ2) is 16.2. The lowest BCUT2D eigenvalue weighted by Gasteiger charge is -2.12. The molecule has 3 aromatic heterocycles. The molecule has 65 heavy (non-hydrogen) atoms. The molecule has 0 N–H and O–H groups in total. The number of furan rings is 1. The van der Waals surface area contributed by atoms with E-state index in [4.69, 9.17) is 24.4 Å². The van der Waals surface area contributed by atoms with E-state index < -0.39 is 0 Å². The smallest absolute Gasteiger partial charge is 0.160 e. The third-order valence-electron chi connectivity index (χ3n) is 12.1. The van der Waals surface area contributed by atoms with Crippen molar-refractivity contribution in [2.24, 2.45) is 0 Å². The number of rotatable bonds is 8. The summed E-state index contributed by atoms with van der Waals surface area (Å²) in [7, 11) is 0. The molecule has 12 aromatic rings. The van der Waals surface area contributed by atoms with Gasteiger partial charge in [0, 0.05) is 49.5 Å². The number of benzene rings is 9. The average molecular weight is 831 g/mol. The molecule has 0 saturated heterocycles. The van der Waals surface area contributed by atoms with Crippen LogP contribution in [0.4, 0.5) is 0 Å². The van der Waals surface area contributed by atoms with Gasteiger partial charge in [-0.15, -0.1) is 0 Å². The first-order valence-electron chi connectivity index (χ1n) is 21.8. The van der Waals surface area contributed by atoms with Crippen LogP contribution in [0.3, 0.4) is 0 Å². The van der Waals surface area contributed by atoms with E-state index in [-0.39, 0.29) is 0 Å². The minimum absolute atomic E-state index is 0.696. The minimum atomic E-state index is 0.696. The summed E-state index contributed by atoms with van der Waals surface area (Å²) < 4.78 is 6.76. The predicted molar refractivity (Wildman–Crippen MR) is 266 cm³/mol. The monoisotopic (exact) mass is 830 g/mol. The molecule has 0 fully saturated rings. The van der Waals surface area contributed by atoms with E-state index in [9.17, 15) is 0 Å². The maximum absolute atomic E-state index is 6.76. The second-order valence-electron chi connectivity index (χ2n) is 16.2. The molecular formula is C60H38N4O. The summed E-state index contributed by atoms with van der Waals surface area (Å²) >= 11 is 0. The van der Waals surface area contributed by atoms with Gasteiger partial charge in [0.2, 0.25) is 0 Å². The van der Waals surface area contributed by atoms with E-state index >= 15 is 0 Å². The van der Waals surface area contributed by atoms with Crippen molar-refractivity contribution in [1.29, 1.82) is 0 Å². The fraction of sp³-hybridized carbons (Fsp3) is 0. The van der Waals surface area contributed by atoms with Gasteiger partial charge in [0.05, 0.1) is 22.8 Å². The molecule has 5 nitrogen and oxygen atoms in total. The van der Waals surface area contributed by atoms with Gasteiger partial charge < -0.3 is 4.42 Å². The maximum Gasteiger partial charge on any atom is 0.160 e. The highest BCUT2D eigenvalue weighted by molar-refractivity contribution is 6.22. The van der Waals surface area contributed by atoms with E-state index in [0.29, 0.717) is 11.6 Å². The molecule has 5 heteroatoms. The highest BCUT2D eigenvalue weighted by atomic mass is 16.3. The third-order valence-corrected chi connectivity index (χ3v) is 12.1. The largest absolute Gasteiger partial charge is 0.455 e. The normalized spacial score (nSPS) is 11.4. The van der Waals surface area contributed by atoms with E-state index in [1.54, 1.807) is 0 Å². The van der Waals surface area contributed by atoms with Gasteiger partial charge in [-0.2, -0.15) is 0 Å². The Hall–Kier alpha value is -8.80. The van der Waals surface area contributed by atoms with Crippen LogP contribution in [0.1, 0.15) is 0 Å². The molecule has 9 aromatic carbocycles. The zero-order valence-corrected chi connectivity index (χ0v) is 35.1. The van der Waals surface area contributed by atoms with Crippen molar-refractivity contribution in [2.45, 2.75) is 0 Å². The Kier molecular flexibility index (Phi) is 9.42. The molecule has 3 heterocycles. The lowest BCUT2D eigenvalue weighted by atomic mass is 9.92. The topological polar surface area (TPSA) is 64.7 Å². The Morgan fingerprint density at radius 3 is 1.12 bits per heavy atom. The second-order valence-corrected chi connectivity index (χ2v) is 16.2. The molecule has 0 atom stereocenters. The van der Waals surface area contributed by atoms with Crippen molar-refractivity contribution in [3.05, 3.63) is 231 Å². The molecule has 0 saturated carbocycles. The van der Waals surface area contributed by atoms with Gasteiger partial charge in [-0.25, -0.2) is 19.9 Å². The van der Waals surface area contributed by atoms with Crippen LogP contribution in [0.25, 0.3) is 123 Å². The Balaban J connectivity index is 0.945. The molecule has 0 aliphatic carbocycles. The predicted octanol–water partition coefficient (Wildman–Crippen LogP) is 15.7. The average Bonchev–Trinajstić information content (AvgIpc) is 3.78. The molecule has 0 spiro atoms. The first kappa shape index (κ1) is 37.9. The summed E-state index contributed by atoms with van der Waals surface area (Å²) in [4.78, 5) is 20.1. The third kappa shape index (κ3) is 7.11. The standard InChI is InChI=1S/C60H38N4O/c1-5-16-41(17-6-1)52-37-54(63-59(61-52)45-20-9-3-10-21-45)43-32-28-39(29-33-43)47-26-15-27-56-57(47)51-36-50(48-24-13-14-25-49(48)58(51)65-56)40-30-34-44(35-31-40)55-38-53(42-18-7-2-8-19-42)62-60(64-55)46-22-11-4-12-23-46/h1-38H. The van der Waals surface area contributed by atoms with Crippen LogP contribution in [0.15, 0.2) is 235 Å². The Bertz CT molecular complexity index is 3550. The Labute approximate surface area is 376 Å². The van der Waals surface area contributed by atoms with Crippen LogP contribution in [-0.2, 0) is 0 Å². The van der Waals surface area contributed by atoms with Gasteiger partial charge in [-0.1, -0.05) is 206 Å². The minimum Gasteiger partial charge on any atom is -0.455 e. The molecule has 0 radical (unpaired) electrons. The van der Waals surface area contributed by atoms with Crippen molar-refractivity contribution in [1.82, 2.24) is 19.9 Å². The molecule has 0 aliphatic heterocycles. The van der Waals surface area contributed by atoms with E-state index in [1.165, 1.54) is 0 Å². The van der Waals surface area contributed by atoms with Gasteiger partial charge in [0.1, 0.15) is 11.2 Å². The molecule has 304 valence electrons. The van der Waals surface area contributed by atoms with Crippen molar-refractivity contribution in [2.75, 3.05) is 0 Å². The van der Waals surface area contributed by atoms with Gasteiger partial charge in [0.25, 0.3) is 0 Å². The summed E-state index contributed by atoms with van der Waals surface area (Å²) in [5.74, 6) is 1.39. The highest BCUT2D eigenvalue weighted by Crippen LogP contribution is 2.44. The summed E-state index contributed by atoms with van der Waals surface area (Å²) in [6, 6.07) is 79.7. The molecule has 12 rings (SSSR count). The van der Waals surface area contributed by atoms with Gasteiger partial charge in [0.15, 0.2) is 11.6 Å². The fourth-order valence-corrected chi connectivity index (χ4v) is 8.91. The van der Waals surface area contributed by atoms with Crippen LogP contribution in [0.5, 0.6) is 0 Å². The molecular weight excluding hydrogens is 793 g/mol. The van der Waals surface area contributed by atoms with Crippen molar-refractivity contribution in [3.63, 3.8) is 0 Å². The molecule has 0 aliphatic rings. The lowest BCUT2D eigenvalue weighted by molar-refractivity contribution is 0.673. The molecule has 0 bridgehead atoms. The summed E-state index contributed by atoms with van der Waals surface area (Å²) in [5.41, 5.74) is 15.8. The van der Waals surface area contributed by atoms with Crippen LogP contribution >= 0.6 is 0 Å². The first-order valence-corrected chi connectivity index (χ1v) is 21.8. The SMILES string of the molecule is c1ccc(-c2cc(-c3ccc(-c4cc5c(oc6cccc(-c7ccc(-c8cc(-c9ccccc9)nc(-c9ccccc9)n8)cc7)c65)c5ccccc45)cc3)nc(-c3ccccc3)n2)cc1. The molecule has 0 unspecified atom stereocenters. The number of hydrogen-bond acceptors (Lipinski definition) is 5. The number of nitrogens with zero attached hydrogens (tertiary/aromatic N) is 4. The lowest BCUT2D eigenvalue weighted by Crippen LogP contribution is -1.95. The number of aromatic nitrogens is 4. The van der Waals surface area contributed by atoms with E-state index in [1.807, 2.05) is 72.8 Å². The van der Waals surface area contributed by atoms with E-state index in [2.05, 4.69) is 158 Å². The van der Waals surface area contributed by atoms with Crippen LogP contribution < -0.4 is 0 Å². The Morgan fingerprint density at radius 1 is 0.262 bits per heavy atom. The fourth-order valence-electron chi connectivity index (χ4n) is 8.91. The highest BCUT2D eigenvalue weighted by Gasteiger charge is 2.19. The van der Waals surface area contributed by atoms with Crippen LogP contribution in [0, 0.1) is 0 Å². The maximum atomic E-state index is 6.76. The number of hydrogen-bond donors (Lipinski definition) is 0. The van der Waals surface area contributed by atoms with Crippen LogP contribution in [0.2, 0.25) is 0 Å². The van der Waals surface area contributed by atoms with Gasteiger partial charge in [-0.05, 0) is 51.9 Å².